The number of phenols is 1. The monoisotopic (exact) mass is 426 g/mol. The number of phenolic OH excluding ortho intramolecular Hbond substituents is 1. The Morgan fingerprint density at radius 3 is 2.52 bits per heavy atom. The van der Waals surface area contributed by atoms with Gasteiger partial charge in [0.25, 0.3) is 0 Å². The number of hydrogen-bond acceptors (Lipinski definition) is 5. The Bertz CT molecular complexity index is 870. The van der Waals surface area contributed by atoms with Crippen LogP contribution in [-0.4, -0.2) is 67.3 Å². The van der Waals surface area contributed by atoms with Gasteiger partial charge in [-0.05, 0) is 37.5 Å². The minimum atomic E-state index is 0.00966. The van der Waals surface area contributed by atoms with Gasteiger partial charge in [-0.3, -0.25) is 9.69 Å². The van der Waals surface area contributed by atoms with Crippen molar-refractivity contribution in [2.45, 2.75) is 32.4 Å². The van der Waals surface area contributed by atoms with Crippen molar-refractivity contribution in [3.8, 4) is 11.5 Å². The van der Waals surface area contributed by atoms with Crippen LogP contribution in [0, 0.1) is 5.92 Å². The van der Waals surface area contributed by atoms with Crippen LogP contribution in [0.3, 0.4) is 0 Å². The fraction of sp³-hybridized carbons (Fsp3) is 0.480. The molecular weight excluding hydrogens is 392 g/mol. The Morgan fingerprint density at radius 2 is 1.84 bits per heavy atom. The van der Waals surface area contributed by atoms with Crippen LogP contribution in [0.1, 0.15) is 30.9 Å². The summed E-state index contributed by atoms with van der Waals surface area (Å²) in [6.07, 6.45) is 0. The quantitative estimate of drug-likeness (QED) is 0.665. The molecule has 1 amide bonds. The number of aromatic hydroxyl groups is 1. The average Bonchev–Trinajstić information content (AvgIpc) is 3.15. The van der Waals surface area contributed by atoms with Crippen LogP contribution in [0.15, 0.2) is 48.5 Å². The van der Waals surface area contributed by atoms with Crippen LogP contribution in [0.25, 0.3) is 0 Å². The SMILES string of the molecule is COCC(=O)N(CC1CN(Cc2ccccc2O)CC1c1ccccc1OC)C(C)C. The molecule has 2 unspecified atom stereocenters. The summed E-state index contributed by atoms with van der Waals surface area (Å²) in [4.78, 5) is 17.0. The number of amides is 1. The first-order valence-electron chi connectivity index (χ1n) is 10.8. The van der Waals surface area contributed by atoms with Crippen molar-refractivity contribution >= 4 is 5.91 Å². The van der Waals surface area contributed by atoms with Gasteiger partial charge in [-0.2, -0.15) is 0 Å². The van der Waals surface area contributed by atoms with Gasteiger partial charge in [0.05, 0.1) is 7.11 Å². The van der Waals surface area contributed by atoms with Gasteiger partial charge in [-0.1, -0.05) is 36.4 Å². The molecular formula is C25H34N2O4. The van der Waals surface area contributed by atoms with Crippen molar-refractivity contribution in [3.63, 3.8) is 0 Å². The topological polar surface area (TPSA) is 62.2 Å². The summed E-state index contributed by atoms with van der Waals surface area (Å²) in [7, 11) is 3.25. The molecule has 3 rings (SSSR count). The molecule has 0 aliphatic carbocycles. The number of para-hydroxylation sites is 2. The Hall–Kier alpha value is -2.57. The van der Waals surface area contributed by atoms with E-state index in [0.717, 1.165) is 30.0 Å². The van der Waals surface area contributed by atoms with Gasteiger partial charge in [-0.25, -0.2) is 0 Å². The molecule has 1 heterocycles. The van der Waals surface area contributed by atoms with Crippen LogP contribution in [0.4, 0.5) is 0 Å². The largest absolute Gasteiger partial charge is 0.508 e. The van der Waals surface area contributed by atoms with Gasteiger partial charge in [-0.15, -0.1) is 0 Å². The van der Waals surface area contributed by atoms with Gasteiger partial charge < -0.3 is 19.5 Å². The summed E-state index contributed by atoms with van der Waals surface area (Å²) in [5, 5.41) is 10.2. The highest BCUT2D eigenvalue weighted by Gasteiger charge is 2.37. The molecule has 0 aromatic heterocycles. The molecule has 0 spiro atoms. The van der Waals surface area contributed by atoms with Gasteiger partial charge in [0.15, 0.2) is 0 Å². The first kappa shape index (κ1) is 23.1. The van der Waals surface area contributed by atoms with Gasteiger partial charge >= 0.3 is 0 Å². The fourth-order valence-electron chi connectivity index (χ4n) is 4.54. The average molecular weight is 427 g/mol. The predicted molar refractivity (Wildman–Crippen MR) is 121 cm³/mol. The minimum Gasteiger partial charge on any atom is -0.508 e. The maximum atomic E-state index is 12.7. The number of likely N-dealkylation sites (tertiary alicyclic amines) is 1. The zero-order valence-electron chi connectivity index (χ0n) is 19.0. The lowest BCUT2D eigenvalue weighted by molar-refractivity contribution is -0.137. The molecule has 2 aromatic rings. The Balaban J connectivity index is 1.87. The highest BCUT2D eigenvalue weighted by atomic mass is 16.5. The van der Waals surface area contributed by atoms with E-state index in [2.05, 4.69) is 11.0 Å². The normalized spacial score (nSPS) is 19.0. The summed E-state index contributed by atoms with van der Waals surface area (Å²) in [6.45, 7) is 7.17. The fourth-order valence-corrected chi connectivity index (χ4v) is 4.54. The third-order valence-electron chi connectivity index (χ3n) is 6.08. The molecule has 1 fully saturated rings. The van der Waals surface area contributed by atoms with Crippen LogP contribution >= 0.6 is 0 Å². The van der Waals surface area contributed by atoms with Crippen molar-refractivity contribution in [2.75, 3.05) is 40.5 Å². The summed E-state index contributed by atoms with van der Waals surface area (Å²) in [6, 6.07) is 15.7. The number of ether oxygens (including phenoxy) is 2. The van der Waals surface area contributed by atoms with Crippen LogP contribution < -0.4 is 4.74 Å². The standard InChI is InChI=1S/C25H34N2O4/c1-18(2)27(25(29)17-30-3)15-20-14-26(13-19-9-5-7-11-23(19)28)16-22(20)21-10-6-8-12-24(21)31-4/h5-12,18,20,22,28H,13-17H2,1-4H3. The van der Waals surface area contributed by atoms with E-state index in [1.54, 1.807) is 20.3 Å². The first-order valence-corrected chi connectivity index (χ1v) is 10.8. The van der Waals surface area contributed by atoms with E-state index in [1.807, 2.05) is 55.1 Å². The number of carbonyl (C=O) groups excluding carboxylic acids is 1. The number of nitrogens with zero attached hydrogens (tertiary/aromatic N) is 2. The van der Waals surface area contributed by atoms with Crippen molar-refractivity contribution < 1.29 is 19.4 Å². The van der Waals surface area contributed by atoms with Crippen molar-refractivity contribution in [2.24, 2.45) is 5.92 Å². The van der Waals surface area contributed by atoms with E-state index in [-0.39, 0.29) is 30.4 Å². The van der Waals surface area contributed by atoms with Crippen molar-refractivity contribution in [1.82, 2.24) is 9.80 Å². The first-order chi connectivity index (χ1) is 14.9. The molecule has 2 aromatic carbocycles. The van der Waals surface area contributed by atoms with Gasteiger partial charge in [0.1, 0.15) is 18.1 Å². The zero-order valence-corrected chi connectivity index (χ0v) is 19.0. The smallest absolute Gasteiger partial charge is 0.248 e. The molecule has 6 nitrogen and oxygen atoms in total. The van der Waals surface area contributed by atoms with E-state index in [4.69, 9.17) is 9.47 Å². The van der Waals surface area contributed by atoms with E-state index >= 15 is 0 Å². The number of hydrogen-bond donors (Lipinski definition) is 1. The van der Waals surface area contributed by atoms with Crippen LogP contribution in [0.2, 0.25) is 0 Å². The maximum absolute atomic E-state index is 12.7. The maximum Gasteiger partial charge on any atom is 0.248 e. The lowest BCUT2D eigenvalue weighted by Gasteiger charge is -2.31. The van der Waals surface area contributed by atoms with Crippen LogP contribution in [0.5, 0.6) is 11.5 Å². The Morgan fingerprint density at radius 1 is 1.13 bits per heavy atom. The predicted octanol–water partition coefficient (Wildman–Crippen LogP) is 3.50. The van der Waals surface area contributed by atoms with Gasteiger partial charge in [0, 0.05) is 50.8 Å². The summed E-state index contributed by atoms with van der Waals surface area (Å²) in [5.74, 6) is 1.67. The lowest BCUT2D eigenvalue weighted by atomic mass is 9.87. The van der Waals surface area contributed by atoms with E-state index in [1.165, 1.54) is 0 Å². The molecule has 0 bridgehead atoms. The molecule has 0 radical (unpaired) electrons. The summed E-state index contributed by atoms with van der Waals surface area (Å²) >= 11 is 0. The Labute approximate surface area is 185 Å². The number of rotatable bonds is 9. The third-order valence-corrected chi connectivity index (χ3v) is 6.08. The molecule has 6 heteroatoms. The van der Waals surface area contributed by atoms with Crippen molar-refractivity contribution in [3.05, 3.63) is 59.7 Å². The van der Waals surface area contributed by atoms with E-state index < -0.39 is 0 Å². The molecule has 0 saturated carbocycles. The number of methoxy groups -OCH3 is 2. The zero-order chi connectivity index (χ0) is 22.4. The van der Waals surface area contributed by atoms with E-state index in [9.17, 15) is 9.90 Å². The molecule has 168 valence electrons. The second-order valence-electron chi connectivity index (χ2n) is 8.50. The van der Waals surface area contributed by atoms with E-state index in [0.29, 0.717) is 18.8 Å². The summed E-state index contributed by atoms with van der Waals surface area (Å²) in [5.41, 5.74) is 2.08. The second-order valence-corrected chi connectivity index (χ2v) is 8.50. The molecule has 1 saturated heterocycles. The Kier molecular flexibility index (Phi) is 7.93. The molecule has 1 aliphatic rings. The molecule has 2 atom stereocenters. The van der Waals surface area contributed by atoms with Gasteiger partial charge in [0.2, 0.25) is 5.91 Å². The molecule has 1 N–H and O–H groups in total. The minimum absolute atomic E-state index is 0.00966. The third kappa shape index (κ3) is 5.57. The number of carbonyl (C=O) groups is 1. The molecule has 31 heavy (non-hydrogen) atoms. The van der Waals surface area contributed by atoms with Crippen LogP contribution in [-0.2, 0) is 16.1 Å². The molecule has 1 aliphatic heterocycles. The second kappa shape index (κ2) is 10.6. The van der Waals surface area contributed by atoms with Crippen molar-refractivity contribution in [1.29, 1.82) is 0 Å². The lowest BCUT2D eigenvalue weighted by Crippen LogP contribution is -2.43. The highest BCUT2D eigenvalue weighted by molar-refractivity contribution is 5.77. The highest BCUT2D eigenvalue weighted by Crippen LogP contribution is 2.39. The summed E-state index contributed by atoms with van der Waals surface area (Å²) < 4.78 is 10.8. The number of benzene rings is 2.